The summed E-state index contributed by atoms with van der Waals surface area (Å²) >= 11 is 0. The van der Waals surface area contributed by atoms with Gasteiger partial charge >= 0.3 is 0 Å². The maximum atomic E-state index is 5.75. The second-order valence-electron chi connectivity index (χ2n) is 5.21. The number of aromatic nitrogens is 4. The van der Waals surface area contributed by atoms with Gasteiger partial charge in [-0.3, -0.25) is 5.10 Å². The van der Waals surface area contributed by atoms with Crippen LogP contribution in [0.4, 0.5) is 11.8 Å². The first-order valence-electron chi connectivity index (χ1n) is 7.63. The highest BCUT2D eigenvalue weighted by Gasteiger charge is 2.21. The Labute approximate surface area is 124 Å². The molecule has 3 heterocycles. The van der Waals surface area contributed by atoms with Crippen molar-refractivity contribution in [3.8, 4) is 0 Å². The number of H-pyrrole nitrogens is 1. The molecule has 114 valence electrons. The summed E-state index contributed by atoms with van der Waals surface area (Å²) < 4.78 is 5.75. The third-order valence-electron chi connectivity index (χ3n) is 3.75. The minimum atomic E-state index is 0.296. The number of aromatic amines is 1. The molecular weight excluding hydrogens is 268 g/mol. The third-order valence-corrected chi connectivity index (χ3v) is 3.75. The fourth-order valence-corrected chi connectivity index (χ4v) is 2.70. The Kier molecular flexibility index (Phi) is 4.19. The van der Waals surface area contributed by atoms with Gasteiger partial charge in [0.1, 0.15) is 5.82 Å². The number of likely N-dealkylation sites (N-methyl/N-ethyl adjacent to an activating group) is 1. The number of anilines is 2. The molecule has 0 saturated carbocycles. The Morgan fingerprint density at radius 1 is 1.43 bits per heavy atom. The second kappa shape index (κ2) is 6.26. The van der Waals surface area contributed by atoms with Crippen molar-refractivity contribution >= 4 is 22.8 Å². The molecule has 1 aliphatic heterocycles. The lowest BCUT2D eigenvalue weighted by molar-refractivity contribution is 0.115. The lowest BCUT2D eigenvalue weighted by Gasteiger charge is -2.25. The van der Waals surface area contributed by atoms with E-state index in [0.29, 0.717) is 12.1 Å². The zero-order chi connectivity index (χ0) is 14.7. The van der Waals surface area contributed by atoms with Crippen molar-refractivity contribution in [2.45, 2.75) is 32.8 Å². The van der Waals surface area contributed by atoms with E-state index in [1.807, 2.05) is 6.92 Å². The van der Waals surface area contributed by atoms with E-state index < -0.39 is 0 Å². The van der Waals surface area contributed by atoms with Crippen LogP contribution in [0.3, 0.4) is 0 Å². The van der Waals surface area contributed by atoms with Crippen LogP contribution in [0.1, 0.15) is 26.7 Å². The first-order chi connectivity index (χ1) is 10.3. The highest BCUT2D eigenvalue weighted by molar-refractivity contribution is 5.87. The molecular formula is C14H22N6O. The van der Waals surface area contributed by atoms with Crippen LogP contribution in [-0.4, -0.2) is 52.5 Å². The molecule has 1 fully saturated rings. The van der Waals surface area contributed by atoms with Crippen LogP contribution >= 0.6 is 0 Å². The summed E-state index contributed by atoms with van der Waals surface area (Å²) in [6, 6.07) is 0. The highest BCUT2D eigenvalue weighted by Crippen LogP contribution is 2.25. The zero-order valence-corrected chi connectivity index (χ0v) is 12.6. The van der Waals surface area contributed by atoms with Crippen LogP contribution in [0.2, 0.25) is 0 Å². The van der Waals surface area contributed by atoms with E-state index in [2.05, 4.69) is 37.3 Å². The minimum Gasteiger partial charge on any atom is -0.376 e. The quantitative estimate of drug-likeness (QED) is 0.844. The van der Waals surface area contributed by atoms with Crippen LogP contribution in [0.5, 0.6) is 0 Å². The lowest BCUT2D eigenvalue weighted by atomic mass is 10.2. The van der Waals surface area contributed by atoms with Gasteiger partial charge in [0.15, 0.2) is 5.65 Å². The molecule has 7 nitrogen and oxygen atoms in total. The fraction of sp³-hybridized carbons (Fsp3) is 0.643. The van der Waals surface area contributed by atoms with Gasteiger partial charge in [0.2, 0.25) is 5.95 Å². The topological polar surface area (TPSA) is 79.0 Å². The predicted molar refractivity (Wildman–Crippen MR) is 82.7 cm³/mol. The molecule has 0 bridgehead atoms. The van der Waals surface area contributed by atoms with E-state index >= 15 is 0 Å². The molecule has 3 rings (SSSR count). The Hall–Kier alpha value is -1.89. The average Bonchev–Trinajstić information content (AvgIpc) is 3.15. The van der Waals surface area contributed by atoms with Crippen molar-refractivity contribution in [1.29, 1.82) is 0 Å². The summed E-state index contributed by atoms with van der Waals surface area (Å²) in [5.41, 5.74) is 0.766. The fourth-order valence-electron chi connectivity index (χ4n) is 2.70. The summed E-state index contributed by atoms with van der Waals surface area (Å²) in [6.45, 7) is 7.56. The van der Waals surface area contributed by atoms with Crippen LogP contribution < -0.4 is 10.2 Å². The monoisotopic (exact) mass is 290 g/mol. The van der Waals surface area contributed by atoms with Crippen LogP contribution in [-0.2, 0) is 4.74 Å². The van der Waals surface area contributed by atoms with Gasteiger partial charge in [-0.25, -0.2) is 0 Å². The van der Waals surface area contributed by atoms with Crippen molar-refractivity contribution < 1.29 is 4.74 Å². The van der Waals surface area contributed by atoms with Gasteiger partial charge in [-0.15, -0.1) is 0 Å². The molecule has 0 spiro atoms. The van der Waals surface area contributed by atoms with E-state index in [9.17, 15) is 0 Å². The molecule has 1 aliphatic rings. The third kappa shape index (κ3) is 2.92. The SMILES string of the molecule is CCNc1nc(N(CC)CC2CCCO2)c2cn[nH]c2n1. The molecule has 0 amide bonds. The van der Waals surface area contributed by atoms with E-state index in [-0.39, 0.29) is 0 Å². The zero-order valence-electron chi connectivity index (χ0n) is 12.6. The smallest absolute Gasteiger partial charge is 0.226 e. The van der Waals surface area contributed by atoms with Crippen molar-refractivity contribution in [1.82, 2.24) is 20.2 Å². The minimum absolute atomic E-state index is 0.296. The van der Waals surface area contributed by atoms with Gasteiger partial charge < -0.3 is 15.0 Å². The Balaban J connectivity index is 1.93. The summed E-state index contributed by atoms with van der Waals surface area (Å²) in [4.78, 5) is 11.3. The number of ether oxygens (including phenoxy) is 1. The molecule has 0 aliphatic carbocycles. The number of rotatable bonds is 6. The standard InChI is InChI=1S/C14H22N6O/c1-3-15-14-17-12-11(8-16-19-12)13(18-14)20(4-2)9-10-6-5-7-21-10/h8,10H,3-7,9H2,1-2H3,(H2,15,16,17,18,19). The Morgan fingerprint density at radius 3 is 3.05 bits per heavy atom. The number of hydrogen-bond donors (Lipinski definition) is 2. The summed E-state index contributed by atoms with van der Waals surface area (Å²) in [6.07, 6.45) is 4.36. The van der Waals surface area contributed by atoms with Gasteiger partial charge in [0, 0.05) is 26.2 Å². The van der Waals surface area contributed by atoms with Crippen molar-refractivity contribution in [3.05, 3.63) is 6.20 Å². The molecule has 0 aromatic carbocycles. The summed E-state index contributed by atoms with van der Waals surface area (Å²) in [5, 5.41) is 11.2. The first-order valence-corrected chi connectivity index (χ1v) is 7.63. The average molecular weight is 290 g/mol. The van der Waals surface area contributed by atoms with Crippen molar-refractivity contribution in [2.24, 2.45) is 0 Å². The molecule has 2 N–H and O–H groups in total. The summed E-state index contributed by atoms with van der Waals surface area (Å²) in [5.74, 6) is 1.55. The highest BCUT2D eigenvalue weighted by atomic mass is 16.5. The van der Waals surface area contributed by atoms with Crippen molar-refractivity contribution in [3.63, 3.8) is 0 Å². The van der Waals surface area contributed by atoms with E-state index in [1.165, 1.54) is 0 Å². The van der Waals surface area contributed by atoms with E-state index in [4.69, 9.17) is 4.74 Å². The number of nitrogens with one attached hydrogen (secondary N) is 2. The number of nitrogens with zero attached hydrogens (tertiary/aromatic N) is 4. The van der Waals surface area contributed by atoms with Crippen LogP contribution in [0, 0.1) is 0 Å². The number of hydrogen-bond acceptors (Lipinski definition) is 6. The maximum Gasteiger partial charge on any atom is 0.226 e. The van der Waals surface area contributed by atoms with Gasteiger partial charge in [-0.05, 0) is 26.7 Å². The lowest BCUT2D eigenvalue weighted by Crippen LogP contribution is -2.33. The van der Waals surface area contributed by atoms with Gasteiger partial charge in [0.25, 0.3) is 0 Å². The van der Waals surface area contributed by atoms with Gasteiger partial charge in [-0.2, -0.15) is 15.1 Å². The predicted octanol–water partition coefficient (Wildman–Crippen LogP) is 1.79. The normalized spacial score (nSPS) is 18.3. The molecule has 1 saturated heterocycles. The first kappa shape index (κ1) is 14.1. The molecule has 2 aromatic heterocycles. The second-order valence-corrected chi connectivity index (χ2v) is 5.21. The number of fused-ring (bicyclic) bond motifs is 1. The Bertz CT molecular complexity index is 592. The van der Waals surface area contributed by atoms with Gasteiger partial charge in [0.05, 0.1) is 17.7 Å². The molecule has 2 aromatic rings. The maximum absolute atomic E-state index is 5.75. The Morgan fingerprint density at radius 2 is 2.33 bits per heavy atom. The molecule has 1 unspecified atom stereocenters. The molecule has 0 radical (unpaired) electrons. The van der Waals surface area contributed by atoms with E-state index in [0.717, 1.165) is 55.9 Å². The van der Waals surface area contributed by atoms with E-state index in [1.54, 1.807) is 6.20 Å². The van der Waals surface area contributed by atoms with Crippen molar-refractivity contribution in [2.75, 3.05) is 36.5 Å². The van der Waals surface area contributed by atoms with Crippen LogP contribution in [0.15, 0.2) is 6.20 Å². The largest absolute Gasteiger partial charge is 0.376 e. The molecule has 21 heavy (non-hydrogen) atoms. The molecule has 1 atom stereocenters. The molecule has 7 heteroatoms. The van der Waals surface area contributed by atoms with Gasteiger partial charge in [-0.1, -0.05) is 0 Å². The van der Waals surface area contributed by atoms with Crippen LogP contribution in [0.25, 0.3) is 11.0 Å². The summed E-state index contributed by atoms with van der Waals surface area (Å²) in [7, 11) is 0.